The van der Waals surface area contributed by atoms with Gasteiger partial charge in [0.05, 0.1) is 19.3 Å². The molecule has 1 aliphatic heterocycles. The van der Waals surface area contributed by atoms with Gasteiger partial charge in [0.25, 0.3) is 5.91 Å². The first-order valence-corrected chi connectivity index (χ1v) is 9.75. The van der Waals surface area contributed by atoms with Crippen LogP contribution in [0.1, 0.15) is 34.4 Å². The van der Waals surface area contributed by atoms with Crippen LogP contribution in [-0.4, -0.2) is 29.0 Å². The number of rotatable bonds is 4. The minimum atomic E-state index is -4.54. The van der Waals surface area contributed by atoms with Gasteiger partial charge in [-0.3, -0.25) is 4.79 Å². The molecule has 0 saturated heterocycles. The van der Waals surface area contributed by atoms with Crippen molar-refractivity contribution in [3.63, 3.8) is 0 Å². The molecule has 2 heterocycles. The molecule has 10 heteroatoms. The van der Waals surface area contributed by atoms with Crippen LogP contribution in [0.3, 0.4) is 0 Å². The lowest BCUT2D eigenvalue weighted by atomic mass is 9.96. The van der Waals surface area contributed by atoms with Gasteiger partial charge in [-0.25, -0.2) is 4.68 Å². The van der Waals surface area contributed by atoms with Crippen molar-refractivity contribution in [2.45, 2.75) is 24.7 Å². The third kappa shape index (κ3) is 4.32. The van der Waals surface area contributed by atoms with E-state index in [0.29, 0.717) is 22.0 Å². The Morgan fingerprint density at radius 2 is 2.03 bits per heavy atom. The normalized spacial score (nSPS) is 18.1. The third-order valence-electron chi connectivity index (χ3n) is 5.06. The molecule has 2 atom stereocenters. The maximum Gasteiger partial charge on any atom is 0.410 e. The summed E-state index contributed by atoms with van der Waals surface area (Å²) in [6.07, 6.45) is -3.68. The summed E-state index contributed by atoms with van der Waals surface area (Å²) in [5.41, 5.74) is 1.04. The van der Waals surface area contributed by atoms with E-state index in [1.54, 1.807) is 48.5 Å². The molecule has 3 aromatic rings. The van der Waals surface area contributed by atoms with Gasteiger partial charge in [-0.1, -0.05) is 29.8 Å². The van der Waals surface area contributed by atoms with E-state index >= 15 is 0 Å². The summed E-state index contributed by atoms with van der Waals surface area (Å²) < 4.78 is 47.5. The minimum Gasteiger partial charge on any atom is -0.497 e. The quantitative estimate of drug-likeness (QED) is 0.554. The first kappa shape index (κ1) is 21.0. The molecule has 0 fully saturated rings. The average Bonchev–Trinajstić information content (AvgIpc) is 3.16. The van der Waals surface area contributed by atoms with Gasteiger partial charge < -0.3 is 15.4 Å². The molecule has 6 nitrogen and oxygen atoms in total. The number of hydrogen-bond donors (Lipinski definition) is 2. The van der Waals surface area contributed by atoms with Crippen LogP contribution in [0.25, 0.3) is 0 Å². The lowest BCUT2D eigenvalue weighted by Gasteiger charge is -2.34. The van der Waals surface area contributed by atoms with Crippen LogP contribution in [0.4, 0.5) is 24.7 Å². The molecular formula is C21H18ClF3N4O2. The zero-order valence-electron chi connectivity index (χ0n) is 16.3. The standard InChI is InChI=1S/C21H18ClF3N4O2/c1-31-15-7-2-4-12(8-15)17-10-18(21(23,24)25)29-19(28-17)16(11-26-29)20(30)27-14-6-3-5-13(22)9-14/h2-9,11,17-18,28H,10H2,1H3,(H,27,30)/t17-,18-/m0/s1. The molecule has 0 radical (unpaired) electrons. The van der Waals surface area contributed by atoms with Crippen molar-refractivity contribution in [2.24, 2.45) is 0 Å². The Kier molecular flexibility index (Phi) is 5.53. The Balaban J connectivity index is 1.70. The number of carbonyl (C=O) groups excluding carboxylic acids is 1. The number of hydrogen-bond acceptors (Lipinski definition) is 4. The van der Waals surface area contributed by atoms with E-state index in [9.17, 15) is 18.0 Å². The number of alkyl halides is 3. The van der Waals surface area contributed by atoms with E-state index in [4.69, 9.17) is 16.3 Å². The van der Waals surface area contributed by atoms with Gasteiger partial charge in [-0.05, 0) is 35.9 Å². The second-order valence-electron chi connectivity index (χ2n) is 7.08. The van der Waals surface area contributed by atoms with Crippen LogP contribution >= 0.6 is 11.6 Å². The van der Waals surface area contributed by atoms with Crippen molar-refractivity contribution >= 4 is 29.0 Å². The summed E-state index contributed by atoms with van der Waals surface area (Å²) in [5, 5.41) is 9.98. The highest BCUT2D eigenvalue weighted by Gasteiger charge is 2.47. The molecule has 0 bridgehead atoms. The summed E-state index contributed by atoms with van der Waals surface area (Å²) in [5.74, 6) is -0.0648. The largest absolute Gasteiger partial charge is 0.497 e. The van der Waals surface area contributed by atoms with Gasteiger partial charge in [0.1, 0.15) is 17.1 Å². The first-order chi connectivity index (χ1) is 14.8. The number of fused-ring (bicyclic) bond motifs is 1. The molecule has 4 rings (SSSR count). The Morgan fingerprint density at radius 3 is 2.74 bits per heavy atom. The van der Waals surface area contributed by atoms with E-state index in [-0.39, 0.29) is 17.8 Å². The van der Waals surface area contributed by atoms with E-state index in [0.717, 1.165) is 10.9 Å². The van der Waals surface area contributed by atoms with E-state index in [1.807, 2.05) is 0 Å². The third-order valence-corrected chi connectivity index (χ3v) is 5.30. The van der Waals surface area contributed by atoms with Gasteiger partial charge >= 0.3 is 6.18 Å². The van der Waals surface area contributed by atoms with Crippen molar-refractivity contribution in [1.82, 2.24) is 9.78 Å². The molecule has 1 aliphatic rings. The van der Waals surface area contributed by atoms with Gasteiger partial charge in [-0.15, -0.1) is 0 Å². The molecule has 0 unspecified atom stereocenters. The monoisotopic (exact) mass is 450 g/mol. The average molecular weight is 451 g/mol. The Morgan fingerprint density at radius 1 is 1.26 bits per heavy atom. The Labute approximate surface area is 181 Å². The molecule has 1 aromatic heterocycles. The SMILES string of the molecule is COc1cccc([C@@H]2C[C@@H](C(F)(F)F)n3ncc(C(=O)Nc4cccc(Cl)c4)c3N2)c1. The van der Waals surface area contributed by atoms with E-state index < -0.39 is 24.2 Å². The molecule has 2 N–H and O–H groups in total. The molecule has 0 aliphatic carbocycles. The topological polar surface area (TPSA) is 68.2 Å². The maximum absolute atomic E-state index is 13.8. The van der Waals surface area contributed by atoms with E-state index in [2.05, 4.69) is 15.7 Å². The molecular weight excluding hydrogens is 433 g/mol. The zero-order valence-corrected chi connectivity index (χ0v) is 17.0. The number of nitrogens with one attached hydrogen (secondary N) is 2. The van der Waals surface area contributed by atoms with Crippen molar-refractivity contribution in [3.05, 3.63) is 70.9 Å². The first-order valence-electron chi connectivity index (χ1n) is 9.38. The smallest absolute Gasteiger partial charge is 0.410 e. The molecule has 0 spiro atoms. The molecule has 2 aromatic carbocycles. The lowest BCUT2D eigenvalue weighted by molar-refractivity contribution is -0.173. The maximum atomic E-state index is 13.8. The highest BCUT2D eigenvalue weighted by molar-refractivity contribution is 6.31. The number of benzene rings is 2. The van der Waals surface area contributed by atoms with Crippen LogP contribution in [0.5, 0.6) is 5.75 Å². The predicted octanol–water partition coefficient (Wildman–Crippen LogP) is 5.46. The summed E-state index contributed by atoms with van der Waals surface area (Å²) in [6, 6.07) is 10.7. The predicted molar refractivity (Wildman–Crippen MR) is 111 cm³/mol. The second-order valence-corrected chi connectivity index (χ2v) is 7.52. The number of halogens is 4. The summed E-state index contributed by atoms with van der Waals surface area (Å²) in [6.45, 7) is 0. The van der Waals surface area contributed by atoms with Crippen molar-refractivity contribution in [3.8, 4) is 5.75 Å². The molecule has 0 saturated carbocycles. The van der Waals surface area contributed by atoms with Gasteiger partial charge in [0.15, 0.2) is 6.04 Å². The number of aromatic nitrogens is 2. The highest BCUT2D eigenvalue weighted by Crippen LogP contribution is 2.44. The van der Waals surface area contributed by atoms with Crippen LogP contribution in [0.2, 0.25) is 5.02 Å². The summed E-state index contributed by atoms with van der Waals surface area (Å²) >= 11 is 5.93. The Hall–Kier alpha value is -3.20. The zero-order chi connectivity index (χ0) is 22.2. The van der Waals surface area contributed by atoms with E-state index in [1.165, 1.54) is 7.11 Å². The summed E-state index contributed by atoms with van der Waals surface area (Å²) in [7, 11) is 1.49. The van der Waals surface area contributed by atoms with Gasteiger partial charge in [0.2, 0.25) is 0 Å². The second kappa shape index (κ2) is 8.14. The van der Waals surface area contributed by atoms with Crippen LogP contribution < -0.4 is 15.4 Å². The number of methoxy groups -OCH3 is 1. The van der Waals surface area contributed by atoms with Crippen molar-refractivity contribution in [2.75, 3.05) is 17.7 Å². The fraction of sp³-hybridized carbons (Fsp3) is 0.238. The highest BCUT2D eigenvalue weighted by atomic mass is 35.5. The minimum absolute atomic E-state index is 0.000855. The number of amides is 1. The number of nitrogens with zero attached hydrogens (tertiary/aromatic N) is 2. The molecule has 162 valence electrons. The Bertz CT molecular complexity index is 1120. The van der Waals surface area contributed by atoms with Crippen molar-refractivity contribution in [1.29, 1.82) is 0 Å². The van der Waals surface area contributed by atoms with Crippen LogP contribution in [0.15, 0.2) is 54.7 Å². The lowest BCUT2D eigenvalue weighted by Crippen LogP contribution is -2.36. The fourth-order valence-electron chi connectivity index (χ4n) is 3.57. The summed E-state index contributed by atoms with van der Waals surface area (Å²) in [4.78, 5) is 12.8. The van der Waals surface area contributed by atoms with Crippen molar-refractivity contribution < 1.29 is 22.7 Å². The van der Waals surface area contributed by atoms with Gasteiger partial charge in [0, 0.05) is 17.1 Å². The molecule has 1 amide bonds. The number of anilines is 2. The van der Waals surface area contributed by atoms with Crippen LogP contribution in [-0.2, 0) is 0 Å². The number of carbonyl (C=O) groups is 1. The van der Waals surface area contributed by atoms with Gasteiger partial charge in [-0.2, -0.15) is 18.3 Å². The fourth-order valence-corrected chi connectivity index (χ4v) is 3.76. The van der Waals surface area contributed by atoms with Crippen LogP contribution in [0, 0.1) is 0 Å². The number of ether oxygens (including phenoxy) is 1. The molecule has 31 heavy (non-hydrogen) atoms.